The molecule has 3 rings (SSSR count). The summed E-state index contributed by atoms with van der Waals surface area (Å²) >= 11 is 0. The van der Waals surface area contributed by atoms with Crippen molar-refractivity contribution < 1.29 is 19.1 Å². The molecule has 0 aliphatic carbocycles. The average Bonchev–Trinajstić information content (AvgIpc) is 3.22. The van der Waals surface area contributed by atoms with E-state index < -0.39 is 17.2 Å². The predicted octanol–water partition coefficient (Wildman–Crippen LogP) is 4.91. The highest BCUT2D eigenvalue weighted by Gasteiger charge is 2.37. The second-order valence-corrected chi connectivity index (χ2v) is 8.70. The van der Waals surface area contributed by atoms with Gasteiger partial charge in [0.2, 0.25) is 0 Å². The van der Waals surface area contributed by atoms with Gasteiger partial charge in [0.1, 0.15) is 16.9 Å². The van der Waals surface area contributed by atoms with Crippen LogP contribution in [0.3, 0.4) is 0 Å². The van der Waals surface area contributed by atoms with E-state index in [9.17, 15) is 9.59 Å². The minimum Gasteiger partial charge on any atom is -0.494 e. The van der Waals surface area contributed by atoms with Crippen LogP contribution in [-0.4, -0.2) is 35.8 Å². The number of benzene rings is 2. The molecule has 168 valence electrons. The van der Waals surface area contributed by atoms with Crippen molar-refractivity contribution >= 4 is 18.1 Å². The van der Waals surface area contributed by atoms with Crippen LogP contribution in [0.4, 0.5) is 4.79 Å². The fourth-order valence-electron chi connectivity index (χ4n) is 3.43. The first-order valence-electron chi connectivity index (χ1n) is 10.8. The average molecular weight is 435 g/mol. The Balaban J connectivity index is 1.67. The first-order chi connectivity index (χ1) is 15.2. The van der Waals surface area contributed by atoms with Crippen molar-refractivity contribution in [1.82, 2.24) is 5.32 Å². The van der Waals surface area contributed by atoms with Crippen molar-refractivity contribution in [3.8, 4) is 5.75 Å². The van der Waals surface area contributed by atoms with Crippen molar-refractivity contribution in [2.24, 2.45) is 4.99 Å². The van der Waals surface area contributed by atoms with Crippen LogP contribution in [-0.2, 0) is 17.7 Å². The molecule has 0 aromatic heterocycles. The summed E-state index contributed by atoms with van der Waals surface area (Å²) in [5.41, 5.74) is 1.03. The zero-order valence-electron chi connectivity index (χ0n) is 19.1. The van der Waals surface area contributed by atoms with Crippen LogP contribution in [0.25, 0.3) is 0 Å². The van der Waals surface area contributed by atoms with Gasteiger partial charge in [-0.3, -0.25) is 9.79 Å². The molecule has 0 spiro atoms. The number of alkyl carbamates (subject to hydrolysis) is 1. The highest BCUT2D eigenvalue weighted by atomic mass is 16.6. The lowest BCUT2D eigenvalue weighted by Gasteiger charge is -2.23. The number of nitrogens with one attached hydrogen (secondary N) is 1. The number of ketones is 1. The Hall–Kier alpha value is -3.41. The monoisotopic (exact) mass is 434 g/mol. The third-order valence-corrected chi connectivity index (χ3v) is 4.92. The number of rotatable bonds is 8. The largest absolute Gasteiger partial charge is 0.494 e. The number of carbonyl (C=O) groups excluding carboxylic acids is 2. The Kier molecular flexibility index (Phi) is 7.13. The lowest BCUT2D eigenvalue weighted by Crippen LogP contribution is -2.36. The number of nitrogens with zero attached hydrogens (tertiary/aromatic N) is 1. The number of allylic oxidation sites excluding steroid dienone is 1. The van der Waals surface area contributed by atoms with E-state index in [1.165, 1.54) is 0 Å². The number of amides is 1. The summed E-state index contributed by atoms with van der Waals surface area (Å²) in [5, 5.41) is 2.75. The molecule has 1 unspecified atom stereocenters. The number of Topliss-reactive ketones (excluding diaryl/α,β-unsaturated/α-hetero) is 1. The normalized spacial score (nSPS) is 17.2. The minimum absolute atomic E-state index is 0.0544. The second kappa shape index (κ2) is 9.81. The Morgan fingerprint density at radius 2 is 1.66 bits per heavy atom. The predicted molar refractivity (Wildman–Crippen MR) is 126 cm³/mol. The fourth-order valence-corrected chi connectivity index (χ4v) is 3.43. The molecule has 1 aliphatic heterocycles. The summed E-state index contributed by atoms with van der Waals surface area (Å²) in [7, 11) is 0. The van der Waals surface area contributed by atoms with Crippen LogP contribution in [0.2, 0.25) is 0 Å². The second-order valence-electron chi connectivity index (χ2n) is 8.70. The Morgan fingerprint density at radius 1 is 1.00 bits per heavy atom. The van der Waals surface area contributed by atoms with Gasteiger partial charge in [-0.15, -0.1) is 0 Å². The summed E-state index contributed by atoms with van der Waals surface area (Å²) in [6.45, 7) is 8.34. The Bertz CT molecular complexity index is 988. The number of hydrogen-bond donors (Lipinski definition) is 1. The van der Waals surface area contributed by atoms with Crippen molar-refractivity contribution in [3.05, 3.63) is 77.4 Å². The molecule has 1 aliphatic rings. The van der Waals surface area contributed by atoms with E-state index in [2.05, 4.69) is 10.3 Å². The van der Waals surface area contributed by atoms with Gasteiger partial charge in [-0.25, -0.2) is 4.79 Å². The minimum atomic E-state index is -0.955. The molecule has 2 aromatic carbocycles. The summed E-state index contributed by atoms with van der Waals surface area (Å²) < 4.78 is 10.7. The number of aliphatic imine (C=N–C) groups is 1. The number of ether oxygens (including phenoxy) is 2. The van der Waals surface area contributed by atoms with E-state index >= 15 is 0 Å². The lowest BCUT2D eigenvalue weighted by atomic mass is 9.84. The summed E-state index contributed by atoms with van der Waals surface area (Å²) in [6.07, 6.45) is 5.33. The zero-order valence-corrected chi connectivity index (χ0v) is 19.1. The summed E-state index contributed by atoms with van der Waals surface area (Å²) in [5.74, 6) is 0.681. The maximum Gasteiger partial charge on any atom is 0.407 e. The summed E-state index contributed by atoms with van der Waals surface area (Å²) in [6, 6.07) is 15.0. The molecule has 1 atom stereocenters. The quantitative estimate of drug-likeness (QED) is 0.599. The van der Waals surface area contributed by atoms with Crippen LogP contribution in [0.15, 0.2) is 65.7 Å². The van der Waals surface area contributed by atoms with Gasteiger partial charge in [0.25, 0.3) is 0 Å². The molecular weight excluding hydrogens is 404 g/mol. The topological polar surface area (TPSA) is 77.0 Å². The van der Waals surface area contributed by atoms with Crippen LogP contribution in [0.5, 0.6) is 5.75 Å². The van der Waals surface area contributed by atoms with Gasteiger partial charge in [0.15, 0.2) is 5.78 Å². The highest BCUT2D eigenvalue weighted by Crippen LogP contribution is 2.28. The number of hydrogen-bond acceptors (Lipinski definition) is 5. The third-order valence-electron chi connectivity index (χ3n) is 4.92. The van der Waals surface area contributed by atoms with Crippen molar-refractivity contribution in [3.63, 3.8) is 0 Å². The maximum absolute atomic E-state index is 13.3. The molecule has 32 heavy (non-hydrogen) atoms. The van der Waals surface area contributed by atoms with Gasteiger partial charge in [-0.2, -0.15) is 0 Å². The molecule has 6 nitrogen and oxygen atoms in total. The van der Waals surface area contributed by atoms with E-state index in [4.69, 9.17) is 9.47 Å². The van der Waals surface area contributed by atoms with Crippen molar-refractivity contribution in [2.45, 2.75) is 51.8 Å². The van der Waals surface area contributed by atoms with E-state index in [-0.39, 0.29) is 5.78 Å². The molecular formula is C26H30N2O4. The van der Waals surface area contributed by atoms with E-state index in [1.54, 1.807) is 30.5 Å². The van der Waals surface area contributed by atoms with Gasteiger partial charge in [0.05, 0.1) is 6.61 Å². The molecule has 0 saturated carbocycles. The van der Waals surface area contributed by atoms with E-state index in [0.29, 0.717) is 25.1 Å². The van der Waals surface area contributed by atoms with Crippen LogP contribution in [0.1, 0.15) is 49.2 Å². The molecule has 2 aromatic rings. The first kappa shape index (κ1) is 23.3. The molecule has 1 N–H and O–H groups in total. The van der Waals surface area contributed by atoms with Gasteiger partial charge >= 0.3 is 6.09 Å². The molecule has 6 heteroatoms. The van der Waals surface area contributed by atoms with Crippen LogP contribution in [0, 0.1) is 0 Å². The third kappa shape index (κ3) is 6.06. The molecule has 0 fully saturated rings. The zero-order chi connectivity index (χ0) is 23.2. The standard InChI is InChI=1S/C26H30N2O4/c1-5-31-22-13-11-21(12-14-22)23(29)26(15-6-16-28-26)17-19-7-9-20(10-8-19)18-27-24(30)32-25(2,3)4/h6-16H,5,17-18H2,1-4H3,(H,27,30). The summed E-state index contributed by atoms with van der Waals surface area (Å²) in [4.78, 5) is 29.7. The SMILES string of the molecule is CCOc1ccc(C(=O)C2(Cc3ccc(CNC(=O)OC(C)(C)C)cc3)C=CC=N2)cc1. The Labute approximate surface area is 189 Å². The Morgan fingerprint density at radius 3 is 2.22 bits per heavy atom. The van der Waals surface area contributed by atoms with Crippen molar-refractivity contribution in [2.75, 3.05) is 6.61 Å². The van der Waals surface area contributed by atoms with Gasteiger partial charge in [-0.1, -0.05) is 24.3 Å². The van der Waals surface area contributed by atoms with E-state index in [0.717, 1.165) is 16.9 Å². The van der Waals surface area contributed by atoms with Gasteiger partial charge < -0.3 is 14.8 Å². The fraction of sp³-hybridized carbons (Fsp3) is 0.346. The maximum atomic E-state index is 13.3. The molecule has 0 radical (unpaired) electrons. The highest BCUT2D eigenvalue weighted by molar-refractivity contribution is 6.07. The number of carbonyl (C=O) groups is 2. The molecule has 1 amide bonds. The lowest BCUT2D eigenvalue weighted by molar-refractivity contribution is 0.0523. The first-order valence-corrected chi connectivity index (χ1v) is 10.8. The van der Waals surface area contributed by atoms with Gasteiger partial charge in [0, 0.05) is 24.7 Å². The molecule has 0 saturated heterocycles. The van der Waals surface area contributed by atoms with E-state index in [1.807, 2.05) is 64.1 Å². The smallest absolute Gasteiger partial charge is 0.407 e. The van der Waals surface area contributed by atoms with Gasteiger partial charge in [-0.05, 0) is 75.2 Å². The van der Waals surface area contributed by atoms with Crippen LogP contribution < -0.4 is 10.1 Å². The molecule has 0 bridgehead atoms. The van der Waals surface area contributed by atoms with Crippen molar-refractivity contribution in [1.29, 1.82) is 0 Å². The molecule has 1 heterocycles. The van der Waals surface area contributed by atoms with Crippen LogP contribution >= 0.6 is 0 Å².